The number of hydrogen-bond acceptors (Lipinski definition) is 4. The number of alkyl carbamates (subject to hydrolysis) is 1. The van der Waals surface area contributed by atoms with Gasteiger partial charge in [-0.25, -0.2) is 9.59 Å². The van der Waals surface area contributed by atoms with E-state index in [1.54, 1.807) is 0 Å². The quantitative estimate of drug-likeness (QED) is 0.684. The van der Waals surface area contributed by atoms with E-state index in [1.165, 1.54) is 14.2 Å². The molecule has 0 bridgehead atoms. The highest BCUT2D eigenvalue weighted by molar-refractivity contribution is 5.89. The topological polar surface area (TPSA) is 64.6 Å². The fourth-order valence-electron chi connectivity index (χ4n) is 1.50. The highest BCUT2D eigenvalue weighted by Gasteiger charge is 2.61. The molecule has 0 aromatic carbocycles. The molecule has 5 nitrogen and oxygen atoms in total. The number of amides is 1. The molecule has 0 unspecified atom stereocenters. The summed E-state index contributed by atoms with van der Waals surface area (Å²) in [4.78, 5) is 22.6. The Hall–Kier alpha value is -1.26. The van der Waals surface area contributed by atoms with Crippen molar-refractivity contribution in [1.82, 2.24) is 5.32 Å². The lowest BCUT2D eigenvalue weighted by molar-refractivity contribution is -0.144. The fraction of sp³-hybridized carbons (Fsp3) is 0.778. The normalized spacial score (nSPS) is 35.5. The van der Waals surface area contributed by atoms with Gasteiger partial charge in [-0.15, -0.1) is 0 Å². The summed E-state index contributed by atoms with van der Waals surface area (Å²) in [5, 5.41) is 2.40. The number of carbonyl (C=O) groups is 2. The van der Waals surface area contributed by atoms with E-state index in [0.29, 0.717) is 6.42 Å². The second-order valence-corrected chi connectivity index (χ2v) is 3.16. The molecule has 14 heavy (non-hydrogen) atoms. The zero-order chi connectivity index (χ0) is 11.6. The molecular weight excluding hydrogens is 186 g/mol. The van der Waals surface area contributed by atoms with Crippen LogP contribution in [0.25, 0.3) is 0 Å². The third-order valence-corrected chi connectivity index (χ3v) is 2.40. The minimum absolute atomic E-state index is 0.205. The molecule has 5 heteroatoms. The first-order valence-electron chi connectivity index (χ1n) is 4.99. The SMILES string of the molecule is [2H][C@@H]1[C@H](CC)[C@]1(NC(=O)OC)C(=O)OC. The maximum absolute atomic E-state index is 11.5. The van der Waals surface area contributed by atoms with Gasteiger partial charge in [-0.05, 0) is 12.3 Å². The van der Waals surface area contributed by atoms with Crippen LogP contribution < -0.4 is 5.32 Å². The van der Waals surface area contributed by atoms with Gasteiger partial charge < -0.3 is 14.8 Å². The van der Waals surface area contributed by atoms with Crippen molar-refractivity contribution in [2.45, 2.75) is 25.3 Å². The van der Waals surface area contributed by atoms with Crippen molar-refractivity contribution in [3.05, 3.63) is 0 Å². The van der Waals surface area contributed by atoms with E-state index >= 15 is 0 Å². The van der Waals surface area contributed by atoms with E-state index in [9.17, 15) is 9.59 Å². The molecule has 0 aromatic heterocycles. The zero-order valence-corrected chi connectivity index (χ0v) is 8.49. The summed E-state index contributed by atoms with van der Waals surface area (Å²) >= 11 is 0. The summed E-state index contributed by atoms with van der Waals surface area (Å²) in [7, 11) is 2.45. The molecule has 1 aliphatic rings. The van der Waals surface area contributed by atoms with Crippen LogP contribution in [0.2, 0.25) is 0 Å². The molecule has 0 radical (unpaired) electrons. The van der Waals surface area contributed by atoms with Gasteiger partial charge in [0.15, 0.2) is 0 Å². The summed E-state index contributed by atoms with van der Waals surface area (Å²) in [6, 6.07) is 0. The van der Waals surface area contributed by atoms with Crippen LogP contribution in [0, 0.1) is 5.92 Å². The molecule has 0 saturated heterocycles. The molecule has 1 fully saturated rings. The Morgan fingerprint density at radius 2 is 2.21 bits per heavy atom. The lowest BCUT2D eigenvalue weighted by atomic mass is 10.2. The molecule has 80 valence electrons. The lowest BCUT2D eigenvalue weighted by Crippen LogP contribution is -2.45. The number of esters is 1. The summed E-state index contributed by atoms with van der Waals surface area (Å²) in [6.45, 7) is 1.86. The molecular formula is C9H15NO4. The van der Waals surface area contributed by atoms with Gasteiger partial charge in [0.25, 0.3) is 0 Å². The Kier molecular flexibility index (Phi) is 2.56. The summed E-state index contributed by atoms with van der Waals surface area (Å²) in [5.74, 6) is -0.788. The molecule has 3 atom stereocenters. The summed E-state index contributed by atoms with van der Waals surface area (Å²) < 4.78 is 16.7. The minimum atomic E-state index is -1.21. The first kappa shape index (κ1) is 9.30. The van der Waals surface area contributed by atoms with Gasteiger partial charge in [-0.3, -0.25) is 0 Å². The molecule has 0 aliphatic heterocycles. The van der Waals surface area contributed by atoms with E-state index in [0.717, 1.165) is 0 Å². The molecule has 1 saturated carbocycles. The van der Waals surface area contributed by atoms with Gasteiger partial charge in [0, 0.05) is 1.37 Å². The standard InChI is InChI=1S/C9H15NO4/c1-4-6-5-9(6,7(11)13-2)10-8(12)14-3/h6H,4-5H2,1-3H3,(H,10,12)/t6-,9-/m0/s1/i5D/t5-,6+,9+/m1. The highest BCUT2D eigenvalue weighted by atomic mass is 16.5. The fourth-order valence-corrected chi connectivity index (χ4v) is 1.50. The predicted molar refractivity (Wildman–Crippen MR) is 48.7 cm³/mol. The number of methoxy groups -OCH3 is 2. The minimum Gasteiger partial charge on any atom is -0.467 e. The van der Waals surface area contributed by atoms with E-state index in [2.05, 4.69) is 14.8 Å². The number of hydrogen-bond donors (Lipinski definition) is 1. The van der Waals surface area contributed by atoms with Crippen molar-refractivity contribution in [2.75, 3.05) is 14.2 Å². The van der Waals surface area contributed by atoms with E-state index in [-0.39, 0.29) is 5.92 Å². The average molecular weight is 202 g/mol. The van der Waals surface area contributed by atoms with Crippen LogP contribution >= 0.6 is 0 Å². The first-order chi connectivity index (χ1) is 7.04. The van der Waals surface area contributed by atoms with E-state index < -0.39 is 24.0 Å². The molecule has 1 amide bonds. The van der Waals surface area contributed by atoms with Crippen molar-refractivity contribution >= 4 is 12.1 Å². The maximum atomic E-state index is 11.5. The second kappa shape index (κ2) is 3.86. The van der Waals surface area contributed by atoms with Gasteiger partial charge >= 0.3 is 12.1 Å². The average Bonchev–Trinajstić information content (AvgIpc) is 2.82. The van der Waals surface area contributed by atoms with Gasteiger partial charge in [-0.2, -0.15) is 0 Å². The van der Waals surface area contributed by atoms with Crippen molar-refractivity contribution in [1.29, 1.82) is 0 Å². The van der Waals surface area contributed by atoms with Crippen LogP contribution in [0.4, 0.5) is 4.79 Å². The smallest absolute Gasteiger partial charge is 0.407 e. The van der Waals surface area contributed by atoms with Crippen LogP contribution in [-0.2, 0) is 14.3 Å². The van der Waals surface area contributed by atoms with Crippen molar-refractivity contribution in [3.8, 4) is 0 Å². The zero-order valence-electron chi connectivity index (χ0n) is 9.49. The summed E-state index contributed by atoms with van der Waals surface area (Å²) in [6.07, 6.45) is -0.740. The van der Waals surface area contributed by atoms with E-state index in [1.807, 2.05) is 6.92 Å². The van der Waals surface area contributed by atoms with Crippen LogP contribution in [-0.4, -0.2) is 31.8 Å². The van der Waals surface area contributed by atoms with Crippen LogP contribution in [0.15, 0.2) is 0 Å². The van der Waals surface area contributed by atoms with Gasteiger partial charge in [0.05, 0.1) is 14.2 Å². The highest BCUT2D eigenvalue weighted by Crippen LogP contribution is 2.46. The first-order valence-corrected chi connectivity index (χ1v) is 4.41. The number of ether oxygens (including phenoxy) is 2. The molecule has 1 aliphatic carbocycles. The Morgan fingerprint density at radius 3 is 2.57 bits per heavy atom. The van der Waals surface area contributed by atoms with Gasteiger partial charge in [0.2, 0.25) is 0 Å². The van der Waals surface area contributed by atoms with Gasteiger partial charge in [-0.1, -0.05) is 13.3 Å². The maximum Gasteiger partial charge on any atom is 0.407 e. The molecule has 1 N–H and O–H groups in total. The Bertz CT molecular complexity index is 283. The van der Waals surface area contributed by atoms with Gasteiger partial charge in [0.1, 0.15) is 5.54 Å². The van der Waals surface area contributed by atoms with Crippen LogP contribution in [0.3, 0.4) is 0 Å². The molecule has 0 heterocycles. The molecule has 0 aromatic rings. The van der Waals surface area contributed by atoms with Crippen molar-refractivity contribution in [2.24, 2.45) is 5.92 Å². The Balaban J connectivity index is 2.81. The van der Waals surface area contributed by atoms with Crippen LogP contribution in [0.5, 0.6) is 0 Å². The predicted octanol–water partition coefficient (Wildman–Crippen LogP) is 0.684. The number of carbonyl (C=O) groups excluding carboxylic acids is 2. The number of nitrogens with one attached hydrogen (secondary N) is 1. The van der Waals surface area contributed by atoms with E-state index in [4.69, 9.17) is 1.37 Å². The monoisotopic (exact) mass is 202 g/mol. The Labute approximate surface area is 84.2 Å². The lowest BCUT2D eigenvalue weighted by Gasteiger charge is -2.15. The largest absolute Gasteiger partial charge is 0.467 e. The van der Waals surface area contributed by atoms with Crippen LogP contribution in [0.1, 0.15) is 21.1 Å². The van der Waals surface area contributed by atoms with Crippen molar-refractivity contribution in [3.63, 3.8) is 0 Å². The summed E-state index contributed by atoms with van der Waals surface area (Å²) in [5.41, 5.74) is -1.21. The third-order valence-electron chi connectivity index (χ3n) is 2.40. The third kappa shape index (κ3) is 1.66. The number of rotatable bonds is 3. The second-order valence-electron chi connectivity index (χ2n) is 3.16. The Morgan fingerprint density at radius 1 is 1.57 bits per heavy atom. The molecule has 1 rings (SSSR count). The van der Waals surface area contributed by atoms with Crippen molar-refractivity contribution < 1.29 is 20.4 Å². The molecule has 0 spiro atoms.